The summed E-state index contributed by atoms with van der Waals surface area (Å²) in [6.45, 7) is 1.99. The van der Waals surface area contributed by atoms with Gasteiger partial charge in [0, 0.05) is 23.1 Å². The van der Waals surface area contributed by atoms with Crippen LogP contribution in [-0.4, -0.2) is 17.0 Å². The number of amides is 1. The number of anilines is 1. The molecule has 1 N–H and O–H groups in total. The van der Waals surface area contributed by atoms with Gasteiger partial charge in [0.25, 0.3) is 5.91 Å². The Morgan fingerprint density at radius 3 is 2.71 bits per heavy atom. The van der Waals surface area contributed by atoms with Crippen molar-refractivity contribution in [2.45, 2.75) is 19.4 Å². The van der Waals surface area contributed by atoms with Gasteiger partial charge in [-0.25, -0.2) is 4.98 Å². The van der Waals surface area contributed by atoms with Crippen LogP contribution in [0.25, 0.3) is 11.3 Å². The predicted molar refractivity (Wildman–Crippen MR) is 95.5 cm³/mol. The Kier molecular flexibility index (Phi) is 3.78. The molecule has 4 nitrogen and oxygen atoms in total. The fourth-order valence-electron chi connectivity index (χ4n) is 2.77. The van der Waals surface area contributed by atoms with Gasteiger partial charge in [0.2, 0.25) is 0 Å². The molecular formula is C19H16N2O2S. The van der Waals surface area contributed by atoms with Gasteiger partial charge in [-0.05, 0) is 30.7 Å². The van der Waals surface area contributed by atoms with Crippen molar-refractivity contribution in [3.8, 4) is 17.0 Å². The second-order valence-electron chi connectivity index (χ2n) is 5.74. The summed E-state index contributed by atoms with van der Waals surface area (Å²) in [6, 6.07) is 15.5. The summed E-state index contributed by atoms with van der Waals surface area (Å²) in [6.07, 6.45) is 0.140. The highest BCUT2D eigenvalue weighted by Gasteiger charge is 2.28. The summed E-state index contributed by atoms with van der Waals surface area (Å²) < 4.78 is 5.72. The van der Waals surface area contributed by atoms with E-state index in [-0.39, 0.29) is 5.91 Å². The molecule has 1 amide bonds. The number of carbonyl (C=O) groups is 1. The second-order valence-corrected chi connectivity index (χ2v) is 6.80. The van der Waals surface area contributed by atoms with E-state index in [0.717, 1.165) is 33.3 Å². The van der Waals surface area contributed by atoms with Gasteiger partial charge in [0.1, 0.15) is 5.75 Å². The predicted octanol–water partition coefficient (Wildman–Crippen LogP) is 4.06. The van der Waals surface area contributed by atoms with Crippen LogP contribution in [0.1, 0.15) is 10.6 Å². The van der Waals surface area contributed by atoms with Crippen LogP contribution in [0.5, 0.6) is 5.75 Å². The van der Waals surface area contributed by atoms with Gasteiger partial charge >= 0.3 is 0 Å². The summed E-state index contributed by atoms with van der Waals surface area (Å²) in [4.78, 5) is 16.9. The van der Waals surface area contributed by atoms with Crippen molar-refractivity contribution in [1.29, 1.82) is 0 Å². The molecule has 1 atom stereocenters. The van der Waals surface area contributed by atoms with E-state index in [9.17, 15) is 4.79 Å². The molecule has 0 fully saturated rings. The number of carbonyl (C=O) groups excluding carboxylic acids is 1. The Hall–Kier alpha value is -2.66. The number of nitrogens with one attached hydrogen (secondary N) is 1. The first-order valence-corrected chi connectivity index (χ1v) is 8.65. The van der Waals surface area contributed by atoms with Gasteiger partial charge in [-0.2, -0.15) is 0 Å². The van der Waals surface area contributed by atoms with Gasteiger partial charge in [0.15, 0.2) is 6.10 Å². The largest absolute Gasteiger partial charge is 0.480 e. The first-order valence-electron chi connectivity index (χ1n) is 7.77. The molecule has 5 heteroatoms. The highest BCUT2D eigenvalue weighted by Crippen LogP contribution is 2.29. The normalized spacial score (nSPS) is 15.6. The fourth-order valence-corrected chi connectivity index (χ4v) is 3.39. The summed E-state index contributed by atoms with van der Waals surface area (Å²) in [7, 11) is 0. The van der Waals surface area contributed by atoms with E-state index in [0.29, 0.717) is 6.42 Å². The molecule has 0 saturated carbocycles. The number of hydrogen-bond acceptors (Lipinski definition) is 4. The maximum atomic E-state index is 12.4. The highest BCUT2D eigenvalue weighted by atomic mass is 32.1. The van der Waals surface area contributed by atoms with Crippen LogP contribution in [0, 0.1) is 6.92 Å². The minimum atomic E-state index is -0.469. The van der Waals surface area contributed by atoms with E-state index in [1.165, 1.54) is 0 Å². The molecule has 4 rings (SSSR count). The number of ether oxygens (including phenoxy) is 1. The molecule has 3 aromatic rings. The minimum absolute atomic E-state index is 0.122. The summed E-state index contributed by atoms with van der Waals surface area (Å²) in [5, 5.41) is 6.00. The quantitative estimate of drug-likeness (QED) is 0.785. The van der Waals surface area contributed by atoms with Gasteiger partial charge in [-0.3, -0.25) is 4.79 Å². The van der Waals surface area contributed by atoms with Crippen molar-refractivity contribution in [3.05, 3.63) is 64.5 Å². The molecule has 0 bridgehead atoms. The van der Waals surface area contributed by atoms with Gasteiger partial charge < -0.3 is 10.1 Å². The lowest BCUT2D eigenvalue weighted by atomic mass is 10.1. The van der Waals surface area contributed by atoms with Crippen LogP contribution in [0.15, 0.2) is 53.9 Å². The van der Waals surface area contributed by atoms with Crippen LogP contribution >= 0.6 is 11.3 Å². The average Bonchev–Trinajstić information content (AvgIpc) is 3.21. The summed E-state index contributed by atoms with van der Waals surface area (Å²) in [5.74, 6) is 0.676. The van der Waals surface area contributed by atoms with Crippen LogP contribution in [0.2, 0.25) is 0 Å². The van der Waals surface area contributed by atoms with Crippen LogP contribution < -0.4 is 10.1 Å². The Morgan fingerprint density at radius 1 is 1.21 bits per heavy atom. The topological polar surface area (TPSA) is 51.2 Å². The number of thiazole rings is 1. The van der Waals surface area contributed by atoms with E-state index in [1.807, 2.05) is 60.8 Å². The molecule has 0 aliphatic carbocycles. The lowest BCUT2D eigenvalue weighted by Gasteiger charge is -2.11. The van der Waals surface area contributed by atoms with Crippen molar-refractivity contribution in [2.24, 2.45) is 0 Å². The average molecular weight is 336 g/mol. The third-order valence-electron chi connectivity index (χ3n) is 4.01. The molecule has 1 aliphatic heterocycles. The Labute approximate surface area is 144 Å². The maximum Gasteiger partial charge on any atom is 0.265 e. The molecular weight excluding hydrogens is 320 g/mol. The van der Waals surface area contributed by atoms with Crippen molar-refractivity contribution in [2.75, 3.05) is 5.32 Å². The van der Waals surface area contributed by atoms with Crippen molar-refractivity contribution in [1.82, 2.24) is 4.98 Å². The number of fused-ring (bicyclic) bond motifs is 1. The lowest BCUT2D eigenvalue weighted by molar-refractivity contribution is -0.122. The number of aryl methyl sites for hydroxylation is 1. The van der Waals surface area contributed by atoms with Crippen LogP contribution in [0.4, 0.5) is 5.69 Å². The monoisotopic (exact) mass is 336 g/mol. The maximum absolute atomic E-state index is 12.4. The zero-order chi connectivity index (χ0) is 16.5. The first-order chi connectivity index (χ1) is 11.7. The van der Waals surface area contributed by atoms with Gasteiger partial charge in [-0.15, -0.1) is 11.3 Å². The Morgan fingerprint density at radius 2 is 2.00 bits per heavy atom. The Balaban J connectivity index is 1.43. The van der Waals surface area contributed by atoms with E-state index >= 15 is 0 Å². The third kappa shape index (κ3) is 2.90. The Bertz CT molecular complexity index is 861. The molecule has 2 heterocycles. The van der Waals surface area contributed by atoms with E-state index in [4.69, 9.17) is 4.74 Å². The minimum Gasteiger partial charge on any atom is -0.480 e. The zero-order valence-electron chi connectivity index (χ0n) is 13.2. The van der Waals surface area contributed by atoms with Crippen LogP contribution in [-0.2, 0) is 11.2 Å². The number of aromatic nitrogens is 1. The highest BCUT2D eigenvalue weighted by molar-refractivity contribution is 7.09. The van der Waals surface area contributed by atoms with E-state index in [1.54, 1.807) is 11.3 Å². The van der Waals surface area contributed by atoms with Crippen molar-refractivity contribution in [3.63, 3.8) is 0 Å². The molecule has 1 aliphatic rings. The summed E-state index contributed by atoms with van der Waals surface area (Å²) in [5.41, 5.74) is 3.84. The molecule has 2 aromatic carbocycles. The lowest BCUT2D eigenvalue weighted by Crippen LogP contribution is -2.31. The smallest absolute Gasteiger partial charge is 0.265 e. The number of para-hydroxylation sites is 1. The van der Waals surface area contributed by atoms with Crippen molar-refractivity contribution < 1.29 is 9.53 Å². The number of rotatable bonds is 3. The van der Waals surface area contributed by atoms with Crippen molar-refractivity contribution >= 4 is 22.9 Å². The molecule has 24 heavy (non-hydrogen) atoms. The van der Waals surface area contributed by atoms with Crippen LogP contribution in [0.3, 0.4) is 0 Å². The number of benzene rings is 2. The molecule has 1 aromatic heterocycles. The van der Waals surface area contributed by atoms with E-state index < -0.39 is 6.10 Å². The standard InChI is InChI=1S/C19H16N2O2S/c1-12-20-16(11-24-12)13-6-8-15(9-7-13)21-19(22)18-10-14-4-2-3-5-17(14)23-18/h2-9,11,18H,10H2,1H3,(H,21,22). The fraction of sp³-hybridized carbons (Fsp3) is 0.158. The molecule has 120 valence electrons. The molecule has 1 unspecified atom stereocenters. The third-order valence-corrected chi connectivity index (χ3v) is 4.78. The number of nitrogens with zero attached hydrogens (tertiary/aromatic N) is 1. The number of hydrogen-bond donors (Lipinski definition) is 1. The van der Waals surface area contributed by atoms with E-state index in [2.05, 4.69) is 10.3 Å². The molecule has 0 spiro atoms. The second kappa shape index (κ2) is 6.09. The summed E-state index contributed by atoms with van der Waals surface area (Å²) >= 11 is 1.63. The van der Waals surface area contributed by atoms with Gasteiger partial charge in [0.05, 0.1) is 10.7 Å². The molecule has 0 saturated heterocycles. The molecule has 0 radical (unpaired) electrons. The zero-order valence-corrected chi connectivity index (χ0v) is 14.0. The van der Waals surface area contributed by atoms with Gasteiger partial charge in [-0.1, -0.05) is 30.3 Å². The SMILES string of the molecule is Cc1nc(-c2ccc(NC(=O)C3Cc4ccccc4O3)cc2)cs1. The first kappa shape index (κ1) is 14.9.